The standard InChI is InChI=1S/C9H17ClN2O/c10-5-3-1-2-4-7-12-8-6-11-9(12)13/h1-8H2,(H,11,13). The number of halogens is 1. The van der Waals surface area contributed by atoms with Crippen molar-refractivity contribution in [2.45, 2.75) is 25.7 Å². The van der Waals surface area contributed by atoms with E-state index in [9.17, 15) is 4.79 Å². The first-order valence-electron chi connectivity index (χ1n) is 4.93. The summed E-state index contributed by atoms with van der Waals surface area (Å²) < 4.78 is 0. The van der Waals surface area contributed by atoms with Crippen molar-refractivity contribution in [3.63, 3.8) is 0 Å². The van der Waals surface area contributed by atoms with Crippen LogP contribution in [0.15, 0.2) is 0 Å². The summed E-state index contributed by atoms with van der Waals surface area (Å²) in [5.74, 6) is 0.754. The molecule has 76 valence electrons. The van der Waals surface area contributed by atoms with Gasteiger partial charge in [0.2, 0.25) is 0 Å². The summed E-state index contributed by atoms with van der Waals surface area (Å²) in [7, 11) is 0. The topological polar surface area (TPSA) is 32.3 Å². The van der Waals surface area contributed by atoms with Crippen LogP contribution in [0.2, 0.25) is 0 Å². The summed E-state index contributed by atoms with van der Waals surface area (Å²) in [4.78, 5) is 13.0. The minimum atomic E-state index is 0.0948. The van der Waals surface area contributed by atoms with Crippen LogP contribution in [0.3, 0.4) is 0 Å². The molecule has 0 bridgehead atoms. The van der Waals surface area contributed by atoms with E-state index in [2.05, 4.69) is 5.32 Å². The van der Waals surface area contributed by atoms with Gasteiger partial charge in [0.25, 0.3) is 0 Å². The first kappa shape index (κ1) is 10.6. The van der Waals surface area contributed by atoms with Crippen LogP contribution < -0.4 is 5.32 Å². The van der Waals surface area contributed by atoms with Crippen LogP contribution in [-0.4, -0.2) is 36.4 Å². The molecule has 1 rings (SSSR count). The van der Waals surface area contributed by atoms with E-state index in [0.717, 1.165) is 38.4 Å². The lowest BCUT2D eigenvalue weighted by Gasteiger charge is -2.13. The molecule has 1 aliphatic rings. The van der Waals surface area contributed by atoms with Crippen LogP contribution in [0, 0.1) is 0 Å². The number of rotatable bonds is 6. The molecule has 1 saturated heterocycles. The zero-order valence-electron chi connectivity index (χ0n) is 7.89. The first-order chi connectivity index (χ1) is 6.34. The summed E-state index contributed by atoms with van der Waals surface area (Å²) >= 11 is 5.56. The number of hydrogen-bond acceptors (Lipinski definition) is 1. The van der Waals surface area contributed by atoms with Crippen molar-refractivity contribution in [1.29, 1.82) is 0 Å². The van der Waals surface area contributed by atoms with E-state index in [-0.39, 0.29) is 6.03 Å². The summed E-state index contributed by atoms with van der Waals surface area (Å²) in [5.41, 5.74) is 0. The molecule has 13 heavy (non-hydrogen) atoms. The van der Waals surface area contributed by atoms with E-state index in [1.54, 1.807) is 0 Å². The second kappa shape index (κ2) is 6.08. The Morgan fingerprint density at radius 1 is 1.31 bits per heavy atom. The molecular weight excluding hydrogens is 188 g/mol. The van der Waals surface area contributed by atoms with Gasteiger partial charge >= 0.3 is 6.03 Å². The van der Waals surface area contributed by atoms with E-state index in [0.29, 0.717) is 0 Å². The average Bonchev–Trinajstić information content (AvgIpc) is 2.52. The largest absolute Gasteiger partial charge is 0.336 e. The molecule has 0 atom stereocenters. The van der Waals surface area contributed by atoms with E-state index >= 15 is 0 Å². The number of carbonyl (C=O) groups is 1. The molecule has 4 heteroatoms. The van der Waals surface area contributed by atoms with Gasteiger partial charge in [0.15, 0.2) is 0 Å². The van der Waals surface area contributed by atoms with E-state index in [1.165, 1.54) is 12.8 Å². The number of nitrogens with one attached hydrogen (secondary N) is 1. The number of amides is 2. The highest BCUT2D eigenvalue weighted by molar-refractivity contribution is 6.17. The van der Waals surface area contributed by atoms with Gasteiger partial charge in [-0.25, -0.2) is 4.79 Å². The lowest BCUT2D eigenvalue weighted by atomic mass is 10.2. The van der Waals surface area contributed by atoms with Crippen LogP contribution in [0.1, 0.15) is 25.7 Å². The third kappa shape index (κ3) is 3.85. The van der Waals surface area contributed by atoms with Gasteiger partial charge < -0.3 is 10.2 Å². The van der Waals surface area contributed by atoms with Gasteiger partial charge in [-0.2, -0.15) is 0 Å². The van der Waals surface area contributed by atoms with E-state index in [1.807, 2.05) is 4.90 Å². The second-order valence-corrected chi connectivity index (χ2v) is 3.70. The lowest BCUT2D eigenvalue weighted by molar-refractivity contribution is 0.216. The molecular formula is C9H17ClN2O. The van der Waals surface area contributed by atoms with Crippen molar-refractivity contribution in [2.75, 3.05) is 25.5 Å². The van der Waals surface area contributed by atoms with Gasteiger partial charge in [-0.15, -0.1) is 11.6 Å². The fraction of sp³-hybridized carbons (Fsp3) is 0.889. The highest BCUT2D eigenvalue weighted by Crippen LogP contribution is 2.04. The van der Waals surface area contributed by atoms with Crippen LogP contribution in [0.4, 0.5) is 4.79 Å². The Morgan fingerprint density at radius 3 is 2.69 bits per heavy atom. The van der Waals surface area contributed by atoms with E-state index < -0.39 is 0 Å². The summed E-state index contributed by atoms with van der Waals surface area (Å²) in [6.45, 7) is 2.57. The molecule has 0 aromatic rings. The van der Waals surface area contributed by atoms with Crippen molar-refractivity contribution in [3.05, 3.63) is 0 Å². The quantitative estimate of drug-likeness (QED) is 0.520. The minimum Gasteiger partial charge on any atom is -0.336 e. The summed E-state index contributed by atoms with van der Waals surface area (Å²) in [6, 6.07) is 0.0948. The minimum absolute atomic E-state index is 0.0948. The Morgan fingerprint density at radius 2 is 2.08 bits per heavy atom. The molecule has 0 aliphatic carbocycles. The Labute approximate surface area is 84.4 Å². The average molecular weight is 205 g/mol. The fourth-order valence-electron chi connectivity index (χ4n) is 1.48. The van der Waals surface area contributed by atoms with Crippen molar-refractivity contribution in [1.82, 2.24) is 10.2 Å². The van der Waals surface area contributed by atoms with Gasteiger partial charge in [-0.1, -0.05) is 12.8 Å². The zero-order chi connectivity index (χ0) is 9.52. The van der Waals surface area contributed by atoms with Crippen LogP contribution >= 0.6 is 11.6 Å². The van der Waals surface area contributed by atoms with Crippen molar-refractivity contribution in [2.24, 2.45) is 0 Å². The van der Waals surface area contributed by atoms with Crippen molar-refractivity contribution >= 4 is 17.6 Å². The SMILES string of the molecule is O=C1NCCN1CCCCCCCl. The van der Waals surface area contributed by atoms with Crippen molar-refractivity contribution < 1.29 is 4.79 Å². The Hall–Kier alpha value is -0.440. The van der Waals surface area contributed by atoms with Crippen molar-refractivity contribution in [3.8, 4) is 0 Å². The zero-order valence-corrected chi connectivity index (χ0v) is 8.65. The molecule has 1 fully saturated rings. The van der Waals surface area contributed by atoms with Gasteiger partial charge in [0.05, 0.1) is 0 Å². The smallest absolute Gasteiger partial charge is 0.317 e. The van der Waals surface area contributed by atoms with Gasteiger partial charge in [0.1, 0.15) is 0 Å². The molecule has 0 unspecified atom stereocenters. The van der Waals surface area contributed by atoms with Gasteiger partial charge in [-0.05, 0) is 12.8 Å². The molecule has 0 radical (unpaired) electrons. The number of hydrogen-bond donors (Lipinski definition) is 1. The maximum atomic E-state index is 11.1. The molecule has 0 saturated carbocycles. The maximum absolute atomic E-state index is 11.1. The predicted octanol–water partition coefficient (Wildman–Crippen LogP) is 1.81. The molecule has 1 heterocycles. The lowest BCUT2D eigenvalue weighted by Crippen LogP contribution is -2.28. The number of unbranched alkanes of at least 4 members (excludes halogenated alkanes) is 3. The number of alkyl halides is 1. The molecule has 1 N–H and O–H groups in total. The highest BCUT2D eigenvalue weighted by atomic mass is 35.5. The van der Waals surface area contributed by atoms with Gasteiger partial charge in [-0.3, -0.25) is 0 Å². The monoisotopic (exact) mass is 204 g/mol. The molecule has 1 aliphatic heterocycles. The molecule has 0 aromatic heterocycles. The Kier molecular flexibility index (Phi) is 4.98. The van der Waals surface area contributed by atoms with E-state index in [4.69, 9.17) is 11.6 Å². The highest BCUT2D eigenvalue weighted by Gasteiger charge is 2.17. The predicted molar refractivity (Wildman–Crippen MR) is 54.2 cm³/mol. The third-order valence-electron chi connectivity index (χ3n) is 2.26. The normalized spacial score (nSPS) is 16.4. The third-order valence-corrected chi connectivity index (χ3v) is 2.52. The first-order valence-corrected chi connectivity index (χ1v) is 5.47. The Balaban J connectivity index is 1.96. The van der Waals surface area contributed by atoms with Gasteiger partial charge in [0, 0.05) is 25.5 Å². The fourth-order valence-corrected chi connectivity index (χ4v) is 1.66. The maximum Gasteiger partial charge on any atom is 0.317 e. The molecule has 0 spiro atoms. The molecule has 0 aromatic carbocycles. The number of nitrogens with zero attached hydrogens (tertiary/aromatic N) is 1. The second-order valence-electron chi connectivity index (χ2n) is 3.32. The van der Waals surface area contributed by atoms with Crippen LogP contribution in [0.5, 0.6) is 0 Å². The summed E-state index contributed by atoms with van der Waals surface area (Å²) in [5, 5.41) is 2.79. The molecule has 2 amide bonds. The summed E-state index contributed by atoms with van der Waals surface area (Å²) in [6.07, 6.45) is 4.55. The molecule has 3 nitrogen and oxygen atoms in total. The number of carbonyl (C=O) groups excluding carboxylic acids is 1. The van der Waals surface area contributed by atoms with Crippen LogP contribution in [-0.2, 0) is 0 Å². The Bertz CT molecular complexity index is 164. The van der Waals surface area contributed by atoms with Crippen LogP contribution in [0.25, 0.3) is 0 Å². The number of urea groups is 1.